The fourth-order valence-electron chi connectivity index (χ4n) is 2.31. The number of benzene rings is 2. The van der Waals surface area contributed by atoms with Gasteiger partial charge in [0.15, 0.2) is 0 Å². The Morgan fingerprint density at radius 2 is 1.40 bits per heavy atom. The third kappa shape index (κ3) is 1.75. The molecule has 0 radical (unpaired) electrons. The summed E-state index contributed by atoms with van der Waals surface area (Å²) in [6.07, 6.45) is 0. The van der Waals surface area contributed by atoms with Gasteiger partial charge in [-0.25, -0.2) is 4.90 Å². The maximum atomic E-state index is 12.3. The highest BCUT2D eigenvalue weighted by Gasteiger charge is 2.37. The van der Waals surface area contributed by atoms with E-state index in [2.05, 4.69) is 6.58 Å². The zero-order valence-corrected chi connectivity index (χ0v) is 11.1. The minimum Gasteiger partial charge on any atom is -0.268 e. The van der Waals surface area contributed by atoms with Gasteiger partial charge in [-0.05, 0) is 24.6 Å². The van der Waals surface area contributed by atoms with Gasteiger partial charge in [0.2, 0.25) is 0 Å². The predicted molar refractivity (Wildman–Crippen MR) is 77.2 cm³/mol. The molecule has 0 saturated carbocycles. The number of hydrogen-bond acceptors (Lipinski definition) is 2. The standard InChI is InChI=1S/C17H13NO2/c1-11-7-9-13(10-8-11)12(2)18-16(19)14-5-3-4-6-15(14)17(18)20/h3-10H,2H2,1H3. The lowest BCUT2D eigenvalue weighted by molar-refractivity contribution is 0.0736. The number of carbonyl (C=O) groups excluding carboxylic acids is 2. The predicted octanol–water partition coefficient (Wildman–Crippen LogP) is 3.26. The average Bonchev–Trinajstić information content (AvgIpc) is 2.72. The largest absolute Gasteiger partial charge is 0.268 e. The van der Waals surface area contributed by atoms with Crippen molar-refractivity contribution in [1.29, 1.82) is 0 Å². The van der Waals surface area contributed by atoms with Crippen molar-refractivity contribution in [2.24, 2.45) is 0 Å². The maximum absolute atomic E-state index is 12.3. The van der Waals surface area contributed by atoms with Gasteiger partial charge in [-0.1, -0.05) is 48.5 Å². The number of rotatable bonds is 2. The summed E-state index contributed by atoms with van der Waals surface area (Å²) in [6, 6.07) is 14.4. The highest BCUT2D eigenvalue weighted by atomic mass is 16.2. The van der Waals surface area contributed by atoms with Gasteiger partial charge in [0.1, 0.15) is 0 Å². The van der Waals surface area contributed by atoms with Crippen LogP contribution in [-0.4, -0.2) is 16.7 Å². The summed E-state index contributed by atoms with van der Waals surface area (Å²) in [5, 5.41) is 0. The van der Waals surface area contributed by atoms with E-state index >= 15 is 0 Å². The number of hydrogen-bond donors (Lipinski definition) is 0. The quantitative estimate of drug-likeness (QED) is 0.780. The van der Waals surface area contributed by atoms with Crippen molar-refractivity contribution in [3.05, 3.63) is 77.4 Å². The van der Waals surface area contributed by atoms with Crippen LogP contribution < -0.4 is 0 Å². The normalized spacial score (nSPS) is 13.6. The number of imide groups is 1. The van der Waals surface area contributed by atoms with Gasteiger partial charge >= 0.3 is 0 Å². The van der Waals surface area contributed by atoms with Gasteiger partial charge in [-0.15, -0.1) is 0 Å². The molecular formula is C17H13NO2. The molecule has 0 fully saturated rings. The van der Waals surface area contributed by atoms with Gasteiger partial charge in [-0.2, -0.15) is 0 Å². The second kappa shape index (κ2) is 4.46. The van der Waals surface area contributed by atoms with Crippen molar-refractivity contribution >= 4 is 17.5 Å². The number of carbonyl (C=O) groups is 2. The molecule has 1 aliphatic rings. The van der Waals surface area contributed by atoms with Crippen molar-refractivity contribution in [3.63, 3.8) is 0 Å². The lowest BCUT2D eigenvalue weighted by Crippen LogP contribution is -2.27. The van der Waals surface area contributed by atoms with Crippen LogP contribution in [0.3, 0.4) is 0 Å². The van der Waals surface area contributed by atoms with E-state index in [-0.39, 0.29) is 11.8 Å². The first-order valence-corrected chi connectivity index (χ1v) is 6.33. The zero-order chi connectivity index (χ0) is 14.3. The molecular weight excluding hydrogens is 250 g/mol. The molecule has 3 rings (SSSR count). The molecule has 0 N–H and O–H groups in total. The van der Waals surface area contributed by atoms with Crippen molar-refractivity contribution in [1.82, 2.24) is 4.90 Å². The molecule has 0 unspecified atom stereocenters. The van der Waals surface area contributed by atoms with E-state index in [0.717, 1.165) is 16.0 Å². The fourth-order valence-corrected chi connectivity index (χ4v) is 2.31. The summed E-state index contributed by atoms with van der Waals surface area (Å²) in [6.45, 7) is 5.89. The van der Waals surface area contributed by atoms with E-state index in [0.29, 0.717) is 16.8 Å². The van der Waals surface area contributed by atoms with Crippen LogP contribution >= 0.6 is 0 Å². The molecule has 1 heterocycles. The molecule has 1 aliphatic heterocycles. The summed E-state index contributed by atoms with van der Waals surface area (Å²) in [4.78, 5) is 25.8. The van der Waals surface area contributed by atoms with Crippen LogP contribution in [-0.2, 0) is 0 Å². The Hall–Kier alpha value is -2.68. The first kappa shape index (κ1) is 12.4. The van der Waals surface area contributed by atoms with Crippen LogP contribution in [0.5, 0.6) is 0 Å². The van der Waals surface area contributed by atoms with Gasteiger partial charge < -0.3 is 0 Å². The Bertz CT molecular complexity index is 694. The Morgan fingerprint density at radius 1 is 0.900 bits per heavy atom. The Kier molecular flexibility index (Phi) is 2.75. The van der Waals surface area contributed by atoms with Crippen molar-refractivity contribution in [2.75, 3.05) is 0 Å². The van der Waals surface area contributed by atoms with Gasteiger partial charge in [-0.3, -0.25) is 9.59 Å². The Morgan fingerprint density at radius 3 is 1.90 bits per heavy atom. The number of fused-ring (bicyclic) bond motifs is 1. The molecule has 3 nitrogen and oxygen atoms in total. The number of amides is 2. The molecule has 0 spiro atoms. The molecule has 0 saturated heterocycles. The molecule has 2 aromatic rings. The average molecular weight is 263 g/mol. The van der Waals surface area contributed by atoms with E-state index in [4.69, 9.17) is 0 Å². The highest BCUT2D eigenvalue weighted by molar-refractivity contribution is 6.25. The summed E-state index contributed by atoms with van der Waals surface area (Å²) in [7, 11) is 0. The SMILES string of the molecule is C=C(c1ccc(C)cc1)N1C(=O)c2ccccc2C1=O. The Balaban J connectivity index is 2.00. The minimum atomic E-state index is -0.309. The third-order valence-corrected chi connectivity index (χ3v) is 3.45. The van der Waals surface area contributed by atoms with Crippen molar-refractivity contribution in [3.8, 4) is 0 Å². The molecule has 2 aromatic carbocycles. The molecule has 0 aromatic heterocycles. The van der Waals surface area contributed by atoms with E-state index in [1.807, 2.05) is 31.2 Å². The van der Waals surface area contributed by atoms with Crippen molar-refractivity contribution < 1.29 is 9.59 Å². The summed E-state index contributed by atoms with van der Waals surface area (Å²) in [5.41, 5.74) is 3.17. The van der Waals surface area contributed by atoms with E-state index in [9.17, 15) is 9.59 Å². The van der Waals surface area contributed by atoms with Crippen LogP contribution in [0.1, 0.15) is 31.8 Å². The molecule has 2 amide bonds. The second-order valence-electron chi connectivity index (χ2n) is 4.80. The summed E-state index contributed by atoms with van der Waals surface area (Å²) < 4.78 is 0. The van der Waals surface area contributed by atoms with Crippen molar-refractivity contribution in [2.45, 2.75) is 6.92 Å². The lowest BCUT2D eigenvalue weighted by Gasteiger charge is -2.17. The maximum Gasteiger partial charge on any atom is 0.266 e. The zero-order valence-electron chi connectivity index (χ0n) is 11.1. The van der Waals surface area contributed by atoms with Gasteiger partial charge in [0.25, 0.3) is 11.8 Å². The summed E-state index contributed by atoms with van der Waals surface area (Å²) >= 11 is 0. The lowest BCUT2D eigenvalue weighted by atomic mass is 10.1. The van der Waals surface area contributed by atoms with E-state index in [1.165, 1.54) is 0 Å². The minimum absolute atomic E-state index is 0.309. The fraction of sp³-hybridized carbons (Fsp3) is 0.0588. The first-order chi connectivity index (χ1) is 9.59. The monoisotopic (exact) mass is 263 g/mol. The molecule has 98 valence electrons. The Labute approximate surface area is 117 Å². The van der Waals surface area contributed by atoms with Crippen LogP contribution in [0, 0.1) is 6.92 Å². The van der Waals surface area contributed by atoms with Crippen LogP contribution in [0.2, 0.25) is 0 Å². The number of nitrogens with zero attached hydrogens (tertiary/aromatic N) is 1. The smallest absolute Gasteiger partial charge is 0.266 e. The molecule has 0 atom stereocenters. The third-order valence-electron chi connectivity index (χ3n) is 3.45. The second-order valence-corrected chi connectivity index (χ2v) is 4.80. The van der Waals surface area contributed by atoms with Gasteiger partial charge in [0, 0.05) is 0 Å². The van der Waals surface area contributed by atoms with Crippen LogP contribution in [0.15, 0.2) is 55.1 Å². The van der Waals surface area contributed by atoms with E-state index < -0.39 is 0 Å². The highest BCUT2D eigenvalue weighted by Crippen LogP contribution is 2.29. The van der Waals surface area contributed by atoms with Crippen LogP contribution in [0.4, 0.5) is 0 Å². The molecule has 3 heteroatoms. The topological polar surface area (TPSA) is 37.4 Å². The first-order valence-electron chi connectivity index (χ1n) is 6.33. The van der Waals surface area contributed by atoms with E-state index in [1.54, 1.807) is 24.3 Å². The molecule has 0 bridgehead atoms. The summed E-state index contributed by atoms with van der Waals surface area (Å²) in [5.74, 6) is -0.618. The molecule has 0 aliphatic carbocycles. The number of aryl methyl sites for hydroxylation is 1. The van der Waals surface area contributed by atoms with Crippen LogP contribution in [0.25, 0.3) is 5.70 Å². The van der Waals surface area contributed by atoms with Gasteiger partial charge in [0.05, 0.1) is 16.8 Å². The molecule has 20 heavy (non-hydrogen) atoms.